The van der Waals surface area contributed by atoms with E-state index in [1.165, 1.54) is 11.3 Å². The highest BCUT2D eigenvalue weighted by atomic mass is 35.5. The molecule has 1 heterocycles. The summed E-state index contributed by atoms with van der Waals surface area (Å²) in [6, 6.07) is 4.98. The summed E-state index contributed by atoms with van der Waals surface area (Å²) < 4.78 is 28.9. The molecule has 5 nitrogen and oxygen atoms in total. The van der Waals surface area contributed by atoms with Gasteiger partial charge < -0.3 is 5.11 Å². The van der Waals surface area contributed by atoms with Crippen LogP contribution in [0.5, 0.6) is 0 Å². The number of benzene rings is 1. The Labute approximate surface area is 143 Å². The van der Waals surface area contributed by atoms with Crippen LogP contribution in [0.15, 0.2) is 28.5 Å². The van der Waals surface area contributed by atoms with Gasteiger partial charge >= 0.3 is 5.97 Å². The van der Waals surface area contributed by atoms with Crippen molar-refractivity contribution in [2.24, 2.45) is 5.92 Å². The SMILES string of the molecule is O=C(O)C1CCC(NS(=O)(=O)c2csc3ccc(Cl)cc23)CC1. The van der Waals surface area contributed by atoms with Crippen molar-refractivity contribution in [3.8, 4) is 0 Å². The van der Waals surface area contributed by atoms with Crippen LogP contribution in [0, 0.1) is 5.92 Å². The zero-order chi connectivity index (χ0) is 16.6. The molecule has 0 spiro atoms. The number of aliphatic carboxylic acids is 1. The third-order valence-corrected chi connectivity index (χ3v) is 7.10. The van der Waals surface area contributed by atoms with Gasteiger partial charge in [-0.3, -0.25) is 4.79 Å². The predicted octanol–water partition coefficient (Wildman–Crippen LogP) is 3.48. The van der Waals surface area contributed by atoms with Crippen LogP contribution in [0.3, 0.4) is 0 Å². The summed E-state index contributed by atoms with van der Waals surface area (Å²) in [6.07, 6.45) is 2.08. The Bertz CT molecular complexity index is 838. The van der Waals surface area contributed by atoms with E-state index in [0.717, 1.165) is 4.70 Å². The third kappa shape index (κ3) is 3.52. The first kappa shape index (κ1) is 16.7. The van der Waals surface area contributed by atoms with Crippen molar-refractivity contribution in [1.82, 2.24) is 4.72 Å². The fraction of sp³-hybridized carbons (Fsp3) is 0.400. The summed E-state index contributed by atoms with van der Waals surface area (Å²) in [5, 5.41) is 11.7. The van der Waals surface area contributed by atoms with E-state index >= 15 is 0 Å². The number of carboxylic acid groups (broad SMARTS) is 1. The number of carbonyl (C=O) groups is 1. The smallest absolute Gasteiger partial charge is 0.306 e. The molecular formula is C15H16ClNO4S2. The number of halogens is 1. The lowest BCUT2D eigenvalue weighted by Crippen LogP contribution is -2.38. The van der Waals surface area contributed by atoms with E-state index in [0.29, 0.717) is 36.1 Å². The maximum atomic E-state index is 12.6. The maximum absolute atomic E-state index is 12.6. The number of rotatable bonds is 4. The Kier molecular flexibility index (Phi) is 4.64. The number of sulfonamides is 1. The summed E-state index contributed by atoms with van der Waals surface area (Å²) >= 11 is 7.33. The molecule has 0 bridgehead atoms. The molecule has 23 heavy (non-hydrogen) atoms. The van der Waals surface area contributed by atoms with Gasteiger partial charge in [-0.1, -0.05) is 11.6 Å². The molecule has 1 aliphatic rings. The fourth-order valence-corrected chi connectivity index (χ4v) is 5.88. The molecule has 0 atom stereocenters. The Morgan fingerprint density at radius 2 is 1.96 bits per heavy atom. The van der Waals surface area contributed by atoms with Crippen molar-refractivity contribution in [2.45, 2.75) is 36.6 Å². The average molecular weight is 374 g/mol. The van der Waals surface area contributed by atoms with Gasteiger partial charge in [0.05, 0.1) is 5.92 Å². The summed E-state index contributed by atoms with van der Waals surface area (Å²) in [6.45, 7) is 0. The first-order valence-electron chi connectivity index (χ1n) is 7.29. The van der Waals surface area contributed by atoms with Crippen molar-refractivity contribution in [3.05, 3.63) is 28.6 Å². The fourth-order valence-electron chi connectivity index (χ4n) is 2.93. The molecule has 8 heteroatoms. The lowest BCUT2D eigenvalue weighted by atomic mass is 9.87. The van der Waals surface area contributed by atoms with Crippen molar-refractivity contribution in [3.63, 3.8) is 0 Å². The molecule has 0 amide bonds. The molecule has 1 saturated carbocycles. The van der Waals surface area contributed by atoms with Crippen LogP contribution in [0.25, 0.3) is 10.1 Å². The van der Waals surface area contributed by atoms with Gasteiger partial charge in [-0.2, -0.15) is 0 Å². The van der Waals surface area contributed by atoms with E-state index in [1.807, 2.05) is 0 Å². The van der Waals surface area contributed by atoms with Crippen LogP contribution >= 0.6 is 22.9 Å². The second kappa shape index (κ2) is 6.39. The molecule has 1 fully saturated rings. The second-order valence-corrected chi connectivity index (χ2v) is 8.78. The zero-order valence-corrected chi connectivity index (χ0v) is 14.5. The van der Waals surface area contributed by atoms with Crippen molar-refractivity contribution < 1.29 is 18.3 Å². The van der Waals surface area contributed by atoms with Crippen LogP contribution in [-0.2, 0) is 14.8 Å². The highest BCUT2D eigenvalue weighted by molar-refractivity contribution is 7.90. The zero-order valence-electron chi connectivity index (χ0n) is 12.2. The molecular weight excluding hydrogens is 358 g/mol. The first-order valence-corrected chi connectivity index (χ1v) is 10.0. The quantitative estimate of drug-likeness (QED) is 0.859. The maximum Gasteiger partial charge on any atom is 0.306 e. The van der Waals surface area contributed by atoms with Crippen LogP contribution in [0.4, 0.5) is 0 Å². The molecule has 124 valence electrons. The van der Waals surface area contributed by atoms with E-state index in [2.05, 4.69) is 4.72 Å². The molecule has 1 aromatic heterocycles. The molecule has 1 aliphatic carbocycles. The summed E-state index contributed by atoms with van der Waals surface area (Å²) in [5.41, 5.74) is 0. The van der Waals surface area contributed by atoms with Crippen LogP contribution in [-0.4, -0.2) is 25.5 Å². The van der Waals surface area contributed by atoms with Gasteiger partial charge in [0.15, 0.2) is 0 Å². The Hall–Kier alpha value is -1.15. The Morgan fingerprint density at radius 3 is 2.61 bits per heavy atom. The van der Waals surface area contributed by atoms with Gasteiger partial charge in [-0.05, 0) is 43.9 Å². The first-order chi connectivity index (χ1) is 10.9. The average Bonchev–Trinajstić information content (AvgIpc) is 2.91. The lowest BCUT2D eigenvalue weighted by molar-refractivity contribution is -0.142. The van der Waals surface area contributed by atoms with E-state index in [9.17, 15) is 13.2 Å². The molecule has 2 N–H and O–H groups in total. The number of hydrogen-bond acceptors (Lipinski definition) is 4. The predicted molar refractivity (Wildman–Crippen MR) is 90.5 cm³/mol. The summed E-state index contributed by atoms with van der Waals surface area (Å²) in [4.78, 5) is 11.2. The highest BCUT2D eigenvalue weighted by Gasteiger charge is 2.29. The lowest BCUT2D eigenvalue weighted by Gasteiger charge is -2.26. The van der Waals surface area contributed by atoms with E-state index in [1.54, 1.807) is 23.6 Å². The van der Waals surface area contributed by atoms with Crippen molar-refractivity contribution in [1.29, 1.82) is 0 Å². The number of thiophene rings is 1. The normalized spacial score (nSPS) is 22.3. The van der Waals surface area contributed by atoms with E-state index in [-0.39, 0.29) is 16.9 Å². The van der Waals surface area contributed by atoms with E-state index < -0.39 is 16.0 Å². The molecule has 3 rings (SSSR count). The van der Waals surface area contributed by atoms with Crippen LogP contribution in [0.1, 0.15) is 25.7 Å². The highest BCUT2D eigenvalue weighted by Crippen LogP contribution is 2.32. The van der Waals surface area contributed by atoms with E-state index in [4.69, 9.17) is 16.7 Å². The number of hydrogen-bond donors (Lipinski definition) is 2. The second-order valence-electron chi connectivity index (χ2n) is 5.75. The van der Waals surface area contributed by atoms with Crippen molar-refractivity contribution in [2.75, 3.05) is 0 Å². The number of fused-ring (bicyclic) bond motifs is 1. The van der Waals surface area contributed by atoms with Gasteiger partial charge in [-0.25, -0.2) is 13.1 Å². The van der Waals surface area contributed by atoms with Crippen LogP contribution in [0.2, 0.25) is 5.02 Å². The summed E-state index contributed by atoms with van der Waals surface area (Å²) in [5.74, 6) is -1.17. The van der Waals surface area contributed by atoms with Crippen LogP contribution < -0.4 is 4.72 Å². The Morgan fingerprint density at radius 1 is 1.26 bits per heavy atom. The molecule has 0 aliphatic heterocycles. The molecule has 0 radical (unpaired) electrons. The summed E-state index contributed by atoms with van der Waals surface area (Å²) in [7, 11) is -3.64. The standard InChI is InChI=1S/C15H16ClNO4S2/c16-10-3-6-13-12(7-10)14(8-22-13)23(20,21)17-11-4-1-9(2-5-11)15(18)19/h3,6-9,11,17H,1-2,4-5H2,(H,18,19). The molecule has 1 aromatic carbocycles. The minimum absolute atomic E-state index is 0.218. The van der Waals surface area contributed by atoms with Gasteiger partial charge in [0, 0.05) is 26.5 Å². The monoisotopic (exact) mass is 373 g/mol. The van der Waals surface area contributed by atoms with Gasteiger partial charge in [-0.15, -0.1) is 11.3 Å². The minimum Gasteiger partial charge on any atom is -0.481 e. The molecule has 2 aromatic rings. The van der Waals surface area contributed by atoms with Gasteiger partial charge in [0.25, 0.3) is 0 Å². The van der Waals surface area contributed by atoms with Crippen molar-refractivity contribution >= 4 is 49.0 Å². The largest absolute Gasteiger partial charge is 0.481 e. The molecule has 0 saturated heterocycles. The minimum atomic E-state index is -3.64. The van der Waals surface area contributed by atoms with Gasteiger partial charge in [0.2, 0.25) is 10.0 Å². The topological polar surface area (TPSA) is 83.5 Å². The number of carboxylic acids is 1. The number of nitrogens with one attached hydrogen (secondary N) is 1. The third-order valence-electron chi connectivity index (χ3n) is 4.19. The molecule has 0 unspecified atom stereocenters. The Balaban J connectivity index is 1.79. The van der Waals surface area contributed by atoms with Gasteiger partial charge in [0.1, 0.15) is 4.90 Å².